The van der Waals surface area contributed by atoms with Crippen LogP contribution in [0.15, 0.2) is 53.1 Å². The normalized spacial score (nSPS) is 13.5. The van der Waals surface area contributed by atoms with E-state index in [1.807, 2.05) is 0 Å². The number of hydrogen-bond donors (Lipinski definition) is 3. The molecule has 0 saturated carbocycles. The summed E-state index contributed by atoms with van der Waals surface area (Å²) in [5, 5.41) is 22.5. The molecule has 0 spiro atoms. The van der Waals surface area contributed by atoms with Crippen molar-refractivity contribution in [3.8, 4) is 17.7 Å². The Bertz CT molecular complexity index is 1220. The lowest BCUT2D eigenvalue weighted by atomic mass is 9.95. The van der Waals surface area contributed by atoms with Crippen molar-refractivity contribution in [3.63, 3.8) is 0 Å². The molecule has 170 valence electrons. The van der Waals surface area contributed by atoms with Crippen molar-refractivity contribution in [1.82, 2.24) is 10.3 Å². The van der Waals surface area contributed by atoms with E-state index in [-0.39, 0.29) is 12.3 Å². The number of carbonyl (C=O) groups is 2. The average molecular weight is 473 g/mol. The van der Waals surface area contributed by atoms with Gasteiger partial charge in [-0.25, -0.2) is 14.2 Å². The number of carbonyl (C=O) groups excluding carboxylic acids is 1. The molecule has 0 unspecified atom stereocenters. The Kier molecular flexibility index (Phi) is 7.11. The van der Waals surface area contributed by atoms with E-state index in [9.17, 15) is 24.2 Å². The lowest BCUT2D eigenvalue weighted by Crippen LogP contribution is -2.46. The van der Waals surface area contributed by atoms with Crippen molar-refractivity contribution in [2.75, 3.05) is 0 Å². The van der Waals surface area contributed by atoms with E-state index in [0.717, 1.165) is 0 Å². The van der Waals surface area contributed by atoms with Crippen LogP contribution in [0.2, 0.25) is 5.02 Å². The average Bonchev–Trinajstić information content (AvgIpc) is 3.22. The first-order valence-corrected chi connectivity index (χ1v) is 10.1. The fourth-order valence-corrected chi connectivity index (χ4v) is 3.42. The Morgan fingerprint density at radius 2 is 2.00 bits per heavy atom. The number of hydrogen-bond acceptors (Lipinski definition) is 5. The van der Waals surface area contributed by atoms with Gasteiger partial charge in [0.05, 0.1) is 12.6 Å². The highest BCUT2D eigenvalue weighted by Crippen LogP contribution is 2.27. The molecule has 0 radical (unpaired) electrons. The van der Waals surface area contributed by atoms with Gasteiger partial charge in [0, 0.05) is 16.6 Å². The lowest BCUT2D eigenvalue weighted by Gasteiger charge is -2.19. The van der Waals surface area contributed by atoms with Crippen LogP contribution < -0.4 is 5.32 Å². The summed E-state index contributed by atoms with van der Waals surface area (Å²) in [6, 6.07) is 10.0. The van der Waals surface area contributed by atoms with Crippen LogP contribution >= 0.6 is 11.6 Å². The lowest BCUT2D eigenvalue weighted by molar-refractivity contribution is -0.154. The number of aliphatic carboxylic acids is 1. The number of aromatic nitrogens is 1. The molecule has 10 heteroatoms. The predicted molar refractivity (Wildman–Crippen MR) is 119 cm³/mol. The quantitative estimate of drug-likeness (QED) is 0.457. The van der Waals surface area contributed by atoms with E-state index < -0.39 is 35.9 Å². The third-order valence-electron chi connectivity index (χ3n) is 4.91. The largest absolute Gasteiger partial charge is 0.480 e. The van der Waals surface area contributed by atoms with Crippen molar-refractivity contribution in [3.05, 3.63) is 81.6 Å². The zero-order chi connectivity index (χ0) is 24.2. The monoisotopic (exact) mass is 472 g/mol. The summed E-state index contributed by atoms with van der Waals surface area (Å²) in [6.07, 6.45) is 0.949. The minimum absolute atomic E-state index is 0.106. The summed E-state index contributed by atoms with van der Waals surface area (Å²) in [5.41, 5.74) is -1.05. The molecule has 3 aromatic rings. The van der Waals surface area contributed by atoms with Crippen LogP contribution in [-0.4, -0.2) is 38.8 Å². The second-order valence-corrected chi connectivity index (χ2v) is 7.86. The molecule has 0 aliphatic rings. The Balaban J connectivity index is 1.84. The highest BCUT2D eigenvalue weighted by molar-refractivity contribution is 6.30. The van der Waals surface area contributed by atoms with Gasteiger partial charge < -0.3 is 19.9 Å². The Morgan fingerprint density at radius 1 is 1.30 bits per heavy atom. The topological polar surface area (TPSA) is 117 Å². The number of aliphatic hydroxyl groups is 1. The van der Waals surface area contributed by atoms with Crippen molar-refractivity contribution >= 4 is 23.5 Å². The highest BCUT2D eigenvalue weighted by atomic mass is 35.5. The first kappa shape index (κ1) is 23.9. The molecular formula is C23H20ClFN3O5+. The molecule has 3 rings (SSSR count). The smallest absolute Gasteiger partial charge is 0.473 e. The fraction of sp³-hybridized carbons (Fsp3) is 0.217. The molecule has 1 amide bonds. The molecular weight excluding hydrogens is 453 g/mol. The van der Waals surface area contributed by atoms with Crippen LogP contribution in [0.3, 0.4) is 0 Å². The molecule has 0 saturated heterocycles. The van der Waals surface area contributed by atoms with E-state index in [0.29, 0.717) is 27.5 Å². The molecule has 33 heavy (non-hydrogen) atoms. The molecule has 1 heterocycles. The summed E-state index contributed by atoms with van der Waals surface area (Å²) < 4.78 is 19.3. The second kappa shape index (κ2) is 9.81. The summed E-state index contributed by atoms with van der Waals surface area (Å²) in [5.74, 6) is -2.60. The SMILES string of the molecule is C#[N+][C@@](O)(C[C@@H](Cc1ccc(-c2cc(Cl)ccc2F)cc1)NC(=O)c1ncc(C)o1)C(=O)O. The number of amides is 1. The fourth-order valence-electron chi connectivity index (χ4n) is 3.24. The molecule has 0 aliphatic heterocycles. The van der Waals surface area contributed by atoms with Gasteiger partial charge in [0.2, 0.25) is 0 Å². The number of benzene rings is 2. The first-order chi connectivity index (χ1) is 15.6. The van der Waals surface area contributed by atoms with Gasteiger partial charge in [0.1, 0.15) is 11.6 Å². The maximum absolute atomic E-state index is 14.1. The number of oxazole rings is 1. The van der Waals surface area contributed by atoms with Crippen LogP contribution in [0.25, 0.3) is 16.0 Å². The molecule has 0 aliphatic carbocycles. The van der Waals surface area contributed by atoms with Crippen LogP contribution in [0.4, 0.5) is 4.39 Å². The minimum Gasteiger partial charge on any atom is -0.473 e. The van der Waals surface area contributed by atoms with Crippen molar-refractivity contribution in [1.29, 1.82) is 0 Å². The zero-order valence-corrected chi connectivity index (χ0v) is 18.2. The summed E-state index contributed by atoms with van der Waals surface area (Å²) >= 11 is 5.96. The van der Waals surface area contributed by atoms with Gasteiger partial charge in [-0.1, -0.05) is 35.9 Å². The number of aryl methyl sites for hydroxylation is 1. The molecule has 8 nitrogen and oxygen atoms in total. The summed E-state index contributed by atoms with van der Waals surface area (Å²) in [6.45, 7) is 6.72. The second-order valence-electron chi connectivity index (χ2n) is 7.43. The predicted octanol–water partition coefficient (Wildman–Crippen LogP) is 3.91. The Morgan fingerprint density at radius 3 is 2.58 bits per heavy atom. The van der Waals surface area contributed by atoms with Gasteiger partial charge in [-0.15, -0.1) is 0 Å². The number of carboxylic acids is 1. The van der Waals surface area contributed by atoms with E-state index in [1.54, 1.807) is 31.2 Å². The maximum atomic E-state index is 14.1. The molecule has 2 atom stereocenters. The van der Waals surface area contributed by atoms with Gasteiger partial charge in [-0.05, 0) is 47.5 Å². The van der Waals surface area contributed by atoms with Gasteiger partial charge in [0.25, 0.3) is 12.5 Å². The van der Waals surface area contributed by atoms with Crippen LogP contribution in [-0.2, 0) is 11.2 Å². The Labute approximate surface area is 193 Å². The van der Waals surface area contributed by atoms with Gasteiger partial charge in [0.15, 0.2) is 0 Å². The van der Waals surface area contributed by atoms with E-state index in [4.69, 9.17) is 22.6 Å². The number of rotatable bonds is 8. The maximum Gasteiger partial charge on any atom is 0.480 e. The number of nitrogens with zero attached hydrogens (tertiary/aromatic N) is 2. The van der Waals surface area contributed by atoms with Crippen LogP contribution in [0, 0.1) is 19.3 Å². The zero-order valence-electron chi connectivity index (χ0n) is 17.5. The molecule has 0 bridgehead atoms. The molecule has 3 N–H and O–H groups in total. The van der Waals surface area contributed by atoms with Crippen molar-refractivity contribution in [2.45, 2.75) is 31.5 Å². The summed E-state index contributed by atoms with van der Waals surface area (Å²) in [4.78, 5) is 30.8. The molecule has 1 aromatic heterocycles. The minimum atomic E-state index is -2.62. The Hall–Kier alpha value is -3.74. The third-order valence-corrected chi connectivity index (χ3v) is 5.15. The van der Waals surface area contributed by atoms with Crippen molar-refractivity contribution in [2.24, 2.45) is 0 Å². The first-order valence-electron chi connectivity index (χ1n) is 9.77. The van der Waals surface area contributed by atoms with Crippen LogP contribution in [0.5, 0.6) is 0 Å². The standard InChI is InChI=1S/C23H19ClFN3O5/c1-13-12-27-21(33-13)20(29)28-17(11-23(32,26-2)22(30)31)9-14-3-5-15(6-4-14)18-10-16(24)7-8-19(18)25/h2-8,10,12,17,32H,9,11H2,1H3,(H-,28,29,30,31)/p+1/t17-,23-/m1/s1. The summed E-state index contributed by atoms with van der Waals surface area (Å²) in [7, 11) is 0. The number of nitrogens with one attached hydrogen (secondary N) is 1. The molecule has 0 fully saturated rings. The van der Waals surface area contributed by atoms with E-state index in [2.05, 4.69) is 15.1 Å². The number of halogens is 2. The van der Waals surface area contributed by atoms with Gasteiger partial charge >= 0.3 is 17.6 Å². The molecule has 2 aromatic carbocycles. The van der Waals surface area contributed by atoms with Crippen molar-refractivity contribution < 1.29 is 28.6 Å². The number of carboxylic acid groups (broad SMARTS) is 1. The van der Waals surface area contributed by atoms with E-state index in [1.165, 1.54) is 24.4 Å². The van der Waals surface area contributed by atoms with Gasteiger partial charge in [-0.2, -0.15) is 0 Å². The van der Waals surface area contributed by atoms with Gasteiger partial charge in [-0.3, -0.25) is 4.79 Å². The van der Waals surface area contributed by atoms with Crippen LogP contribution in [0.1, 0.15) is 28.4 Å². The van der Waals surface area contributed by atoms with E-state index >= 15 is 0 Å². The third kappa shape index (κ3) is 5.74. The highest BCUT2D eigenvalue weighted by Gasteiger charge is 2.50.